The van der Waals surface area contributed by atoms with Crippen LogP contribution in [0.15, 0.2) is 59.1 Å². The predicted molar refractivity (Wildman–Crippen MR) is 87.5 cm³/mol. The zero-order chi connectivity index (χ0) is 15.1. The molecular weight excluding hydrogens is 342 g/mol. The van der Waals surface area contributed by atoms with Gasteiger partial charge in [0.1, 0.15) is 5.69 Å². The van der Waals surface area contributed by atoms with Gasteiger partial charge in [-0.1, -0.05) is 58.4 Å². The van der Waals surface area contributed by atoms with Crippen LogP contribution in [-0.4, -0.2) is 16.1 Å². The van der Waals surface area contributed by atoms with E-state index in [2.05, 4.69) is 31.4 Å². The Balaban J connectivity index is 1.86. The number of halogens is 1. The van der Waals surface area contributed by atoms with Crippen molar-refractivity contribution in [3.8, 4) is 11.3 Å². The monoisotopic (exact) mass is 353 g/mol. The summed E-state index contributed by atoms with van der Waals surface area (Å²) in [5.41, 5.74) is 4.32. The number of nitrogens with one attached hydrogen (secondary N) is 2. The zero-order valence-electron chi connectivity index (χ0n) is 11.5. The van der Waals surface area contributed by atoms with Crippen molar-refractivity contribution in [1.82, 2.24) is 15.5 Å². The lowest BCUT2D eigenvalue weighted by molar-refractivity contribution is 0.0955. The third-order valence-corrected chi connectivity index (χ3v) is 4.37. The van der Waals surface area contributed by atoms with E-state index in [1.807, 2.05) is 54.6 Å². The number of benzene rings is 2. The summed E-state index contributed by atoms with van der Waals surface area (Å²) in [7, 11) is 0. The van der Waals surface area contributed by atoms with E-state index >= 15 is 0 Å². The van der Waals surface area contributed by atoms with Crippen LogP contribution in [0.5, 0.6) is 0 Å². The average molecular weight is 354 g/mol. The quantitative estimate of drug-likeness (QED) is 0.738. The molecule has 2 heterocycles. The van der Waals surface area contributed by atoms with Crippen LogP contribution in [-0.2, 0) is 0 Å². The molecule has 22 heavy (non-hydrogen) atoms. The Morgan fingerprint density at radius 3 is 2.45 bits per heavy atom. The van der Waals surface area contributed by atoms with Crippen molar-refractivity contribution < 1.29 is 4.79 Å². The van der Waals surface area contributed by atoms with Crippen LogP contribution in [0.1, 0.15) is 27.7 Å². The first-order valence-electron chi connectivity index (χ1n) is 6.94. The molecule has 1 unspecified atom stereocenters. The van der Waals surface area contributed by atoms with Crippen molar-refractivity contribution in [2.75, 3.05) is 0 Å². The molecule has 0 saturated carbocycles. The van der Waals surface area contributed by atoms with Gasteiger partial charge in [-0.15, -0.1) is 0 Å². The maximum Gasteiger partial charge on any atom is 0.270 e. The van der Waals surface area contributed by atoms with Crippen LogP contribution in [0.4, 0.5) is 0 Å². The van der Waals surface area contributed by atoms with E-state index in [9.17, 15) is 4.79 Å². The van der Waals surface area contributed by atoms with E-state index in [4.69, 9.17) is 0 Å². The van der Waals surface area contributed by atoms with Crippen LogP contribution < -0.4 is 5.32 Å². The van der Waals surface area contributed by atoms with Crippen molar-refractivity contribution in [1.29, 1.82) is 0 Å². The molecule has 4 nitrogen and oxygen atoms in total. The second-order valence-electron chi connectivity index (χ2n) is 5.18. The van der Waals surface area contributed by atoms with Crippen molar-refractivity contribution in [3.63, 3.8) is 0 Å². The Kier molecular flexibility index (Phi) is 3.08. The molecule has 0 fully saturated rings. The molecule has 5 heteroatoms. The van der Waals surface area contributed by atoms with Crippen molar-refractivity contribution in [2.24, 2.45) is 0 Å². The van der Waals surface area contributed by atoms with Gasteiger partial charge < -0.3 is 5.32 Å². The third-order valence-electron chi connectivity index (χ3n) is 3.85. The molecule has 0 saturated heterocycles. The Hall–Kier alpha value is -2.40. The minimum absolute atomic E-state index is 0.113. The lowest BCUT2D eigenvalue weighted by atomic mass is 9.97. The molecule has 0 spiro atoms. The molecule has 3 aromatic rings. The molecule has 1 amide bonds. The number of aromatic amines is 1. The summed E-state index contributed by atoms with van der Waals surface area (Å²) >= 11 is 3.44. The standard InChI is InChI=1S/C17H12BrN3O/c18-12-8-6-11(7-9-12)14-13-15(10-4-2-1-3-5-10)20-21-16(13)17(22)19-14/h1-9,14H,(H,19,22)(H,20,21). The molecule has 108 valence electrons. The van der Waals surface area contributed by atoms with E-state index in [0.29, 0.717) is 5.69 Å². The van der Waals surface area contributed by atoms with Gasteiger partial charge >= 0.3 is 0 Å². The number of rotatable bonds is 2. The van der Waals surface area contributed by atoms with E-state index in [0.717, 1.165) is 26.9 Å². The van der Waals surface area contributed by atoms with Gasteiger partial charge in [-0.2, -0.15) is 5.10 Å². The summed E-state index contributed by atoms with van der Waals surface area (Å²) in [5, 5.41) is 10.3. The molecule has 1 atom stereocenters. The summed E-state index contributed by atoms with van der Waals surface area (Å²) in [6.45, 7) is 0. The Morgan fingerprint density at radius 2 is 1.73 bits per heavy atom. The van der Waals surface area contributed by atoms with E-state index in [1.54, 1.807) is 0 Å². The summed E-state index contributed by atoms with van der Waals surface area (Å²) in [6.07, 6.45) is 0. The van der Waals surface area contributed by atoms with Crippen molar-refractivity contribution in [3.05, 3.63) is 75.9 Å². The first-order chi connectivity index (χ1) is 10.7. The summed E-state index contributed by atoms with van der Waals surface area (Å²) in [4.78, 5) is 12.2. The number of H-pyrrole nitrogens is 1. The molecule has 0 aliphatic carbocycles. The number of fused-ring (bicyclic) bond motifs is 1. The highest BCUT2D eigenvalue weighted by atomic mass is 79.9. The Labute approximate surface area is 135 Å². The molecule has 0 radical (unpaired) electrons. The van der Waals surface area contributed by atoms with Gasteiger partial charge in [0.25, 0.3) is 5.91 Å². The van der Waals surface area contributed by atoms with Gasteiger partial charge in [-0.05, 0) is 17.7 Å². The molecule has 1 aliphatic heterocycles. The lowest BCUT2D eigenvalue weighted by Gasteiger charge is -2.13. The number of carbonyl (C=O) groups is 1. The van der Waals surface area contributed by atoms with Crippen molar-refractivity contribution >= 4 is 21.8 Å². The number of aromatic nitrogens is 2. The Bertz CT molecular complexity index is 840. The predicted octanol–water partition coefficient (Wildman–Crippen LogP) is 3.67. The molecule has 2 N–H and O–H groups in total. The van der Waals surface area contributed by atoms with Gasteiger partial charge in [0, 0.05) is 15.6 Å². The molecule has 2 aromatic carbocycles. The molecule has 1 aromatic heterocycles. The SMILES string of the molecule is O=C1NC(c2ccc(Br)cc2)c2c(-c3ccccc3)n[nH]c21. The fraction of sp³-hybridized carbons (Fsp3) is 0.0588. The van der Waals surface area contributed by atoms with Crippen LogP contribution in [0, 0.1) is 0 Å². The highest BCUT2D eigenvalue weighted by molar-refractivity contribution is 9.10. The van der Waals surface area contributed by atoms with E-state index in [1.165, 1.54) is 0 Å². The Morgan fingerprint density at radius 1 is 1.00 bits per heavy atom. The van der Waals surface area contributed by atoms with Gasteiger partial charge in [-0.3, -0.25) is 9.89 Å². The highest BCUT2D eigenvalue weighted by Crippen LogP contribution is 2.37. The normalized spacial score (nSPS) is 16.4. The van der Waals surface area contributed by atoms with Gasteiger partial charge in [0.15, 0.2) is 0 Å². The minimum atomic E-state index is -0.176. The third kappa shape index (κ3) is 2.05. The van der Waals surface area contributed by atoms with Crippen LogP contribution >= 0.6 is 15.9 Å². The smallest absolute Gasteiger partial charge is 0.270 e. The van der Waals surface area contributed by atoms with Gasteiger partial charge in [0.05, 0.1) is 11.7 Å². The van der Waals surface area contributed by atoms with Crippen LogP contribution in [0.3, 0.4) is 0 Å². The second-order valence-corrected chi connectivity index (χ2v) is 6.10. The lowest BCUT2D eigenvalue weighted by Crippen LogP contribution is -2.21. The molecule has 4 rings (SSSR count). The van der Waals surface area contributed by atoms with Gasteiger partial charge in [0.2, 0.25) is 0 Å². The van der Waals surface area contributed by atoms with Gasteiger partial charge in [-0.25, -0.2) is 0 Å². The maximum atomic E-state index is 12.2. The molecule has 0 bridgehead atoms. The topological polar surface area (TPSA) is 57.8 Å². The first-order valence-corrected chi connectivity index (χ1v) is 7.73. The van der Waals surface area contributed by atoms with E-state index in [-0.39, 0.29) is 11.9 Å². The van der Waals surface area contributed by atoms with E-state index < -0.39 is 0 Å². The largest absolute Gasteiger partial charge is 0.340 e. The number of nitrogens with zero attached hydrogens (tertiary/aromatic N) is 1. The number of hydrogen-bond acceptors (Lipinski definition) is 2. The summed E-state index contributed by atoms with van der Waals surface area (Å²) < 4.78 is 1.01. The van der Waals surface area contributed by atoms with Crippen LogP contribution in [0.25, 0.3) is 11.3 Å². The molecule has 1 aliphatic rings. The summed E-state index contributed by atoms with van der Waals surface area (Å²) in [5.74, 6) is -0.113. The zero-order valence-corrected chi connectivity index (χ0v) is 13.1. The fourth-order valence-corrected chi connectivity index (χ4v) is 3.07. The fourth-order valence-electron chi connectivity index (χ4n) is 2.80. The maximum absolute atomic E-state index is 12.2. The highest BCUT2D eigenvalue weighted by Gasteiger charge is 2.35. The average Bonchev–Trinajstić information content (AvgIpc) is 3.11. The first kappa shape index (κ1) is 13.3. The second kappa shape index (κ2) is 5.10. The summed E-state index contributed by atoms with van der Waals surface area (Å²) in [6, 6.07) is 17.7. The van der Waals surface area contributed by atoms with Crippen molar-refractivity contribution in [2.45, 2.75) is 6.04 Å². The molecular formula is C17H12BrN3O. The number of amides is 1. The number of carbonyl (C=O) groups excluding carboxylic acids is 1. The minimum Gasteiger partial charge on any atom is -0.340 e. The number of hydrogen-bond donors (Lipinski definition) is 2. The van der Waals surface area contributed by atoms with Crippen LogP contribution in [0.2, 0.25) is 0 Å².